The number of benzene rings is 2. The Morgan fingerprint density at radius 2 is 1.89 bits per heavy atom. The molecule has 1 aromatic heterocycles. The van der Waals surface area contributed by atoms with E-state index in [0.29, 0.717) is 33.9 Å². The van der Waals surface area contributed by atoms with Crippen LogP contribution < -0.4 is 5.56 Å². The highest BCUT2D eigenvalue weighted by Crippen LogP contribution is 2.25. The molecule has 0 saturated carbocycles. The average molecular weight is 405 g/mol. The highest BCUT2D eigenvalue weighted by Gasteiger charge is 2.21. The van der Waals surface area contributed by atoms with E-state index in [9.17, 15) is 14.7 Å². The van der Waals surface area contributed by atoms with Crippen LogP contribution in [0.15, 0.2) is 47.3 Å². The minimum absolute atomic E-state index is 0.0198. The van der Waals surface area contributed by atoms with E-state index in [-0.39, 0.29) is 5.56 Å². The van der Waals surface area contributed by atoms with Crippen LogP contribution in [0, 0.1) is 0 Å². The second kappa shape index (κ2) is 8.03. The topological polar surface area (TPSA) is 73.4 Å². The Bertz CT molecular complexity index is 1060. The molecule has 27 heavy (non-hydrogen) atoms. The normalized spacial score (nSPS) is 10.9. The van der Waals surface area contributed by atoms with E-state index >= 15 is 0 Å². The van der Waals surface area contributed by atoms with E-state index in [1.54, 1.807) is 37.4 Å². The van der Waals surface area contributed by atoms with E-state index in [1.807, 2.05) is 12.1 Å². The Balaban J connectivity index is 1.76. The number of halogens is 2. The third-order valence-electron chi connectivity index (χ3n) is 4.40. The molecule has 5 nitrogen and oxygen atoms in total. The summed E-state index contributed by atoms with van der Waals surface area (Å²) in [4.78, 5) is 28.9. The van der Waals surface area contributed by atoms with Crippen LogP contribution in [-0.2, 0) is 6.42 Å². The van der Waals surface area contributed by atoms with Crippen LogP contribution in [0.3, 0.4) is 0 Å². The highest BCUT2D eigenvalue weighted by atomic mass is 35.5. The Hall–Kier alpha value is -2.50. The molecule has 7 heteroatoms. The maximum Gasteiger partial charge on any atom is 0.291 e. The fourth-order valence-corrected chi connectivity index (χ4v) is 3.28. The van der Waals surface area contributed by atoms with Crippen molar-refractivity contribution in [1.29, 1.82) is 0 Å². The lowest BCUT2D eigenvalue weighted by molar-refractivity contribution is 0.0792. The minimum atomic E-state index is -0.679. The molecule has 1 heterocycles. The quantitative estimate of drug-likeness (QED) is 0.667. The summed E-state index contributed by atoms with van der Waals surface area (Å²) in [6, 6.07) is 12.3. The molecule has 3 aromatic rings. The van der Waals surface area contributed by atoms with Gasteiger partial charge in [-0.1, -0.05) is 47.5 Å². The van der Waals surface area contributed by atoms with Gasteiger partial charge in [-0.2, -0.15) is 0 Å². The molecule has 1 amide bonds. The molecule has 0 radical (unpaired) electrons. The van der Waals surface area contributed by atoms with Gasteiger partial charge in [-0.25, -0.2) is 0 Å². The lowest BCUT2D eigenvalue weighted by atomic mass is 10.1. The van der Waals surface area contributed by atoms with E-state index < -0.39 is 17.2 Å². The summed E-state index contributed by atoms with van der Waals surface area (Å²) in [6.45, 7) is 0.458. The van der Waals surface area contributed by atoms with Crippen molar-refractivity contribution in [3.8, 4) is 5.75 Å². The monoisotopic (exact) mass is 404 g/mol. The second-order valence-corrected chi connectivity index (χ2v) is 7.12. The second-order valence-electron chi connectivity index (χ2n) is 6.30. The van der Waals surface area contributed by atoms with E-state index in [2.05, 4.69) is 4.98 Å². The maximum atomic E-state index is 12.8. The van der Waals surface area contributed by atoms with Gasteiger partial charge in [-0.15, -0.1) is 0 Å². The molecule has 0 aliphatic carbocycles. The number of para-hydroxylation sites is 1. The van der Waals surface area contributed by atoms with Crippen molar-refractivity contribution in [3.63, 3.8) is 0 Å². The number of H-pyrrole nitrogens is 1. The first kappa shape index (κ1) is 19.3. The van der Waals surface area contributed by atoms with Gasteiger partial charge in [0.05, 0.1) is 15.6 Å². The smallest absolute Gasteiger partial charge is 0.291 e. The van der Waals surface area contributed by atoms with Gasteiger partial charge in [0.25, 0.3) is 11.5 Å². The number of fused-ring (bicyclic) bond motifs is 1. The summed E-state index contributed by atoms with van der Waals surface area (Å²) in [5, 5.41) is 11.7. The predicted octanol–water partition coefficient (Wildman–Crippen LogP) is 4.25. The summed E-state index contributed by atoms with van der Waals surface area (Å²) >= 11 is 11.9. The van der Waals surface area contributed by atoms with E-state index in [0.717, 1.165) is 12.0 Å². The maximum absolute atomic E-state index is 12.8. The van der Waals surface area contributed by atoms with Crippen molar-refractivity contribution in [3.05, 3.63) is 74.0 Å². The van der Waals surface area contributed by atoms with E-state index in [1.165, 1.54) is 4.90 Å². The van der Waals surface area contributed by atoms with Gasteiger partial charge >= 0.3 is 0 Å². The largest absolute Gasteiger partial charge is 0.502 e. The van der Waals surface area contributed by atoms with Crippen molar-refractivity contribution in [2.75, 3.05) is 13.6 Å². The van der Waals surface area contributed by atoms with Crippen molar-refractivity contribution >= 4 is 40.0 Å². The summed E-state index contributed by atoms with van der Waals surface area (Å²) < 4.78 is 0. The molecular weight excluding hydrogens is 387 g/mol. The molecular formula is C20H18Cl2N2O3. The van der Waals surface area contributed by atoms with Crippen molar-refractivity contribution < 1.29 is 9.90 Å². The Kier molecular flexibility index (Phi) is 5.73. The molecule has 0 bridgehead atoms. The number of carbonyl (C=O) groups excluding carboxylic acids is 1. The number of nitrogens with zero attached hydrogens (tertiary/aromatic N) is 1. The van der Waals surface area contributed by atoms with Gasteiger partial charge < -0.3 is 15.0 Å². The number of hydrogen-bond donors (Lipinski definition) is 2. The third kappa shape index (κ3) is 4.10. The number of pyridine rings is 1. The van der Waals surface area contributed by atoms with Crippen LogP contribution >= 0.6 is 23.2 Å². The number of aromatic hydroxyl groups is 1. The van der Waals surface area contributed by atoms with Crippen LogP contribution in [0.1, 0.15) is 22.3 Å². The molecule has 2 aromatic carbocycles. The molecule has 0 atom stereocenters. The lowest BCUT2D eigenvalue weighted by Crippen LogP contribution is -2.29. The zero-order chi connectivity index (χ0) is 19.6. The molecule has 0 unspecified atom stereocenters. The number of aromatic nitrogens is 1. The van der Waals surface area contributed by atoms with Crippen LogP contribution in [0.5, 0.6) is 5.75 Å². The summed E-state index contributed by atoms with van der Waals surface area (Å²) in [6.07, 6.45) is 1.42. The Morgan fingerprint density at radius 1 is 1.15 bits per heavy atom. The van der Waals surface area contributed by atoms with Gasteiger partial charge in [0.15, 0.2) is 5.75 Å². The number of hydrogen-bond acceptors (Lipinski definition) is 3. The molecule has 2 N–H and O–H groups in total. The zero-order valence-corrected chi connectivity index (χ0v) is 16.1. The zero-order valence-electron chi connectivity index (χ0n) is 14.6. The lowest BCUT2D eigenvalue weighted by Gasteiger charge is -2.19. The molecule has 0 fully saturated rings. The standard InChI is InChI=1S/C20H18Cl2N2O3/c1-24(10-4-5-12-8-9-14(21)15(22)11-12)20(27)17-13-6-2-3-7-16(13)23-19(26)18(17)25/h2-3,6-9,11,25H,4-5,10H2,1H3,(H,23,26). The number of rotatable bonds is 5. The Morgan fingerprint density at radius 3 is 2.63 bits per heavy atom. The van der Waals surface area contributed by atoms with Gasteiger partial charge in [0, 0.05) is 24.5 Å². The fourth-order valence-electron chi connectivity index (χ4n) is 2.96. The Labute approximate surface area is 166 Å². The van der Waals surface area contributed by atoms with Crippen LogP contribution in [-0.4, -0.2) is 34.5 Å². The molecule has 0 aliphatic heterocycles. The summed E-state index contributed by atoms with van der Waals surface area (Å²) in [5.74, 6) is -0.959. The van der Waals surface area contributed by atoms with Crippen molar-refractivity contribution in [2.45, 2.75) is 12.8 Å². The van der Waals surface area contributed by atoms with Gasteiger partial charge in [0.1, 0.15) is 0 Å². The first-order chi connectivity index (χ1) is 12.9. The fraction of sp³-hybridized carbons (Fsp3) is 0.200. The molecule has 0 aliphatic rings. The number of amides is 1. The third-order valence-corrected chi connectivity index (χ3v) is 5.14. The SMILES string of the molecule is CN(CCCc1ccc(Cl)c(Cl)c1)C(=O)c1c(O)c(=O)[nH]c2ccccc12. The van der Waals surface area contributed by atoms with Crippen LogP contribution in [0.4, 0.5) is 0 Å². The van der Waals surface area contributed by atoms with Gasteiger partial charge in [-0.05, 0) is 36.6 Å². The predicted molar refractivity (Wildman–Crippen MR) is 108 cm³/mol. The van der Waals surface area contributed by atoms with Gasteiger partial charge in [-0.3, -0.25) is 9.59 Å². The average Bonchev–Trinajstić information content (AvgIpc) is 2.65. The first-order valence-electron chi connectivity index (χ1n) is 8.42. The molecule has 0 spiro atoms. The molecule has 0 saturated heterocycles. The van der Waals surface area contributed by atoms with Crippen molar-refractivity contribution in [2.24, 2.45) is 0 Å². The number of carbonyl (C=O) groups is 1. The molecule has 140 valence electrons. The minimum Gasteiger partial charge on any atom is -0.502 e. The van der Waals surface area contributed by atoms with Crippen molar-refractivity contribution in [1.82, 2.24) is 9.88 Å². The van der Waals surface area contributed by atoms with Crippen LogP contribution in [0.25, 0.3) is 10.9 Å². The van der Waals surface area contributed by atoms with Gasteiger partial charge in [0.2, 0.25) is 0 Å². The number of nitrogens with one attached hydrogen (secondary N) is 1. The van der Waals surface area contributed by atoms with E-state index in [4.69, 9.17) is 23.2 Å². The molecule has 3 rings (SSSR count). The summed E-state index contributed by atoms with van der Waals surface area (Å²) in [7, 11) is 1.65. The first-order valence-corrected chi connectivity index (χ1v) is 9.17. The number of aryl methyl sites for hydroxylation is 1. The summed E-state index contributed by atoms with van der Waals surface area (Å²) in [5.41, 5.74) is 0.871. The highest BCUT2D eigenvalue weighted by molar-refractivity contribution is 6.42. The number of aromatic amines is 1. The van der Waals surface area contributed by atoms with Crippen LogP contribution in [0.2, 0.25) is 10.0 Å².